The molecule has 0 fully saturated rings. The number of esters is 2. The molecular formula is C8H16NO6PS. The van der Waals surface area contributed by atoms with E-state index in [-0.39, 0.29) is 12.8 Å². The maximum absolute atomic E-state index is 11.4. The van der Waals surface area contributed by atoms with E-state index in [4.69, 9.17) is 11.8 Å². The van der Waals surface area contributed by atoms with Crippen LogP contribution in [0.2, 0.25) is 0 Å². The van der Waals surface area contributed by atoms with Crippen LogP contribution in [0, 0.1) is 0 Å². The maximum atomic E-state index is 11.4. The molecule has 0 radical (unpaired) electrons. The lowest BCUT2D eigenvalue weighted by Crippen LogP contribution is -2.36. The Morgan fingerprint density at radius 1 is 1.35 bits per heavy atom. The summed E-state index contributed by atoms with van der Waals surface area (Å²) in [4.78, 5) is 31.9. The van der Waals surface area contributed by atoms with Crippen molar-refractivity contribution in [2.75, 3.05) is 21.3 Å². The first-order chi connectivity index (χ1) is 7.86. The third-order valence-corrected chi connectivity index (χ3v) is 3.81. The van der Waals surface area contributed by atoms with Crippen LogP contribution in [-0.4, -0.2) is 44.2 Å². The topological polar surface area (TPSA) is 94.1 Å². The van der Waals surface area contributed by atoms with E-state index in [9.17, 15) is 14.5 Å². The summed E-state index contributed by atoms with van der Waals surface area (Å²) < 4.78 is 13.6. The SMILES string of the molecule is COC(=O)CCC(NP(O)(=S)OC)C(=O)OC. The fourth-order valence-corrected chi connectivity index (χ4v) is 2.11. The lowest BCUT2D eigenvalue weighted by Gasteiger charge is -2.21. The van der Waals surface area contributed by atoms with Crippen LogP contribution in [0.3, 0.4) is 0 Å². The van der Waals surface area contributed by atoms with Gasteiger partial charge in [-0.25, -0.2) is 5.09 Å². The molecule has 0 saturated heterocycles. The number of hydrogen-bond acceptors (Lipinski definition) is 6. The fraction of sp³-hybridized carbons (Fsp3) is 0.750. The molecule has 0 aliphatic rings. The van der Waals surface area contributed by atoms with Gasteiger partial charge in [-0.2, -0.15) is 0 Å². The zero-order valence-corrected chi connectivity index (χ0v) is 11.5. The normalized spacial score (nSPS) is 15.8. The van der Waals surface area contributed by atoms with E-state index in [1.165, 1.54) is 21.3 Å². The van der Waals surface area contributed by atoms with E-state index in [2.05, 4.69) is 19.1 Å². The molecule has 2 unspecified atom stereocenters. The van der Waals surface area contributed by atoms with Crippen molar-refractivity contribution in [2.24, 2.45) is 0 Å². The highest BCUT2D eigenvalue weighted by molar-refractivity contribution is 8.08. The van der Waals surface area contributed by atoms with Crippen molar-refractivity contribution in [1.29, 1.82) is 0 Å². The van der Waals surface area contributed by atoms with Crippen molar-refractivity contribution in [1.82, 2.24) is 5.09 Å². The minimum absolute atomic E-state index is 0.00230. The molecule has 0 amide bonds. The summed E-state index contributed by atoms with van der Waals surface area (Å²) in [6, 6.07) is -0.908. The minimum Gasteiger partial charge on any atom is -0.469 e. The van der Waals surface area contributed by atoms with Crippen molar-refractivity contribution < 1.29 is 28.5 Å². The molecule has 0 aliphatic heterocycles. The fourth-order valence-electron chi connectivity index (χ4n) is 0.991. The van der Waals surface area contributed by atoms with Crippen LogP contribution in [0.15, 0.2) is 0 Å². The summed E-state index contributed by atoms with van der Waals surface area (Å²) >= 11 is 4.71. The number of ether oxygens (including phenoxy) is 2. The zero-order chi connectivity index (χ0) is 13.5. The highest BCUT2D eigenvalue weighted by atomic mass is 32.5. The Bertz CT molecular complexity index is 323. The summed E-state index contributed by atoms with van der Waals surface area (Å²) in [6.07, 6.45) is 0.101. The van der Waals surface area contributed by atoms with Crippen molar-refractivity contribution in [3.05, 3.63) is 0 Å². The number of rotatable bonds is 7. The second kappa shape index (κ2) is 7.73. The monoisotopic (exact) mass is 285 g/mol. The quantitative estimate of drug-likeness (QED) is 0.496. The first-order valence-electron chi connectivity index (χ1n) is 4.67. The Hall–Kier alpha value is -0.530. The third kappa shape index (κ3) is 6.70. The van der Waals surface area contributed by atoms with Gasteiger partial charge in [0.1, 0.15) is 6.04 Å². The molecule has 0 bridgehead atoms. The van der Waals surface area contributed by atoms with Crippen LogP contribution in [-0.2, 0) is 35.4 Å². The second-order valence-electron chi connectivity index (χ2n) is 3.02. The number of carbonyl (C=O) groups is 2. The molecule has 0 heterocycles. The molecule has 17 heavy (non-hydrogen) atoms. The highest BCUT2D eigenvalue weighted by Crippen LogP contribution is 2.37. The lowest BCUT2D eigenvalue weighted by atomic mass is 10.2. The van der Waals surface area contributed by atoms with Gasteiger partial charge in [0.05, 0.1) is 14.2 Å². The first kappa shape index (κ1) is 16.5. The van der Waals surface area contributed by atoms with Gasteiger partial charge in [-0.15, -0.1) is 0 Å². The average Bonchev–Trinajstić information content (AvgIpc) is 2.32. The molecule has 0 aromatic carbocycles. The molecular weight excluding hydrogens is 269 g/mol. The number of hydrogen-bond donors (Lipinski definition) is 2. The molecule has 100 valence electrons. The molecule has 2 atom stereocenters. The standard InChI is InChI=1S/C8H16NO6PS/c1-13-7(10)5-4-6(8(11)14-2)9-16(12,17)15-3/h6H,4-5H2,1-3H3,(H2,9,12,17). The summed E-state index contributed by atoms with van der Waals surface area (Å²) in [6.45, 7) is -3.23. The number of methoxy groups -OCH3 is 2. The molecule has 7 nitrogen and oxygen atoms in total. The van der Waals surface area contributed by atoms with Crippen molar-refractivity contribution in [3.8, 4) is 0 Å². The van der Waals surface area contributed by atoms with Crippen molar-refractivity contribution in [3.63, 3.8) is 0 Å². The maximum Gasteiger partial charge on any atom is 0.323 e. The predicted octanol–water partition coefficient (Wildman–Crippen LogP) is -0.0660. The smallest absolute Gasteiger partial charge is 0.323 e. The first-order valence-corrected chi connectivity index (χ1v) is 7.34. The predicted molar refractivity (Wildman–Crippen MR) is 63.7 cm³/mol. The third-order valence-electron chi connectivity index (χ3n) is 1.92. The Balaban J connectivity index is 4.50. The highest BCUT2D eigenvalue weighted by Gasteiger charge is 2.26. The molecule has 0 aromatic rings. The zero-order valence-electron chi connectivity index (χ0n) is 9.84. The Labute approximate surface area is 105 Å². The molecule has 0 aromatic heterocycles. The van der Waals surface area contributed by atoms with Gasteiger partial charge in [0.25, 0.3) is 6.64 Å². The van der Waals surface area contributed by atoms with Crippen LogP contribution in [0.25, 0.3) is 0 Å². The van der Waals surface area contributed by atoms with Crippen molar-refractivity contribution in [2.45, 2.75) is 18.9 Å². The van der Waals surface area contributed by atoms with Gasteiger partial charge in [0.2, 0.25) is 0 Å². The van der Waals surface area contributed by atoms with Gasteiger partial charge in [-0.3, -0.25) is 9.59 Å². The Morgan fingerprint density at radius 2 is 1.94 bits per heavy atom. The second-order valence-corrected chi connectivity index (χ2v) is 6.17. The van der Waals surface area contributed by atoms with E-state index in [1.807, 2.05) is 0 Å². The molecule has 2 N–H and O–H groups in total. The van der Waals surface area contributed by atoms with Crippen LogP contribution in [0.4, 0.5) is 0 Å². The number of nitrogens with one attached hydrogen (secondary N) is 1. The number of carbonyl (C=O) groups excluding carboxylic acids is 2. The van der Waals surface area contributed by atoms with Crippen molar-refractivity contribution >= 4 is 30.4 Å². The summed E-state index contributed by atoms with van der Waals surface area (Å²) in [5, 5.41) is 2.45. The molecule has 0 rings (SSSR count). The van der Waals surface area contributed by atoms with E-state index >= 15 is 0 Å². The van der Waals surface area contributed by atoms with E-state index in [0.717, 1.165) is 0 Å². The van der Waals surface area contributed by atoms with Crippen LogP contribution >= 0.6 is 6.64 Å². The van der Waals surface area contributed by atoms with Gasteiger partial charge in [0.15, 0.2) is 0 Å². The largest absolute Gasteiger partial charge is 0.469 e. The van der Waals surface area contributed by atoms with Crippen LogP contribution in [0.5, 0.6) is 0 Å². The molecule has 0 saturated carbocycles. The average molecular weight is 285 g/mol. The summed E-state index contributed by atoms with van der Waals surface area (Å²) in [5.41, 5.74) is 0. The lowest BCUT2D eigenvalue weighted by molar-refractivity contribution is -0.144. The van der Waals surface area contributed by atoms with Gasteiger partial charge in [-0.1, -0.05) is 0 Å². The summed E-state index contributed by atoms with van der Waals surface area (Å²) in [7, 11) is 3.67. The van der Waals surface area contributed by atoms with E-state index < -0.39 is 24.6 Å². The van der Waals surface area contributed by atoms with Gasteiger partial charge < -0.3 is 18.9 Å². The van der Waals surface area contributed by atoms with Gasteiger partial charge >= 0.3 is 11.9 Å². The van der Waals surface area contributed by atoms with Crippen LogP contribution < -0.4 is 5.09 Å². The van der Waals surface area contributed by atoms with E-state index in [0.29, 0.717) is 0 Å². The minimum atomic E-state index is -3.23. The van der Waals surface area contributed by atoms with Gasteiger partial charge in [0, 0.05) is 13.5 Å². The van der Waals surface area contributed by atoms with Gasteiger partial charge in [-0.05, 0) is 18.2 Å². The Kier molecular flexibility index (Phi) is 7.49. The molecule has 0 spiro atoms. The molecule has 0 aliphatic carbocycles. The summed E-state index contributed by atoms with van der Waals surface area (Å²) in [5.74, 6) is -1.10. The van der Waals surface area contributed by atoms with E-state index in [1.54, 1.807) is 0 Å². The Morgan fingerprint density at radius 3 is 2.35 bits per heavy atom. The molecule has 9 heteroatoms. The van der Waals surface area contributed by atoms with Crippen LogP contribution in [0.1, 0.15) is 12.8 Å².